The topological polar surface area (TPSA) is 29.1 Å². The first-order chi connectivity index (χ1) is 10.1. The van der Waals surface area contributed by atoms with Gasteiger partial charge in [0, 0.05) is 28.6 Å². The highest BCUT2D eigenvalue weighted by atomic mass is 35.5. The number of hydrogen-bond acceptors (Lipinski definition) is 2. The third kappa shape index (κ3) is 5.40. The van der Waals surface area contributed by atoms with E-state index in [4.69, 9.17) is 11.6 Å². The molecule has 21 heavy (non-hydrogen) atoms. The van der Waals surface area contributed by atoms with Crippen molar-refractivity contribution in [2.45, 2.75) is 12.2 Å². The number of nitrogens with one attached hydrogen (secondary N) is 1. The van der Waals surface area contributed by atoms with Crippen LogP contribution in [0.3, 0.4) is 0 Å². The maximum Gasteiger partial charge on any atom is 0.225 e. The van der Waals surface area contributed by atoms with Crippen LogP contribution in [0.2, 0.25) is 5.02 Å². The Labute approximate surface area is 132 Å². The number of halogens is 2. The molecular formula is C16H15ClFNOS. The molecule has 0 unspecified atom stereocenters. The van der Waals surface area contributed by atoms with Gasteiger partial charge in [-0.1, -0.05) is 35.9 Å². The molecular weight excluding hydrogens is 309 g/mol. The van der Waals surface area contributed by atoms with Crippen molar-refractivity contribution in [3.05, 3.63) is 64.9 Å². The maximum absolute atomic E-state index is 12.9. The van der Waals surface area contributed by atoms with Crippen molar-refractivity contribution in [2.75, 3.05) is 11.1 Å². The lowest BCUT2D eigenvalue weighted by molar-refractivity contribution is -0.115. The lowest BCUT2D eigenvalue weighted by Crippen LogP contribution is -2.12. The Hall–Kier alpha value is -1.52. The first-order valence-electron chi connectivity index (χ1n) is 6.52. The maximum atomic E-state index is 12.9. The highest BCUT2D eigenvalue weighted by Crippen LogP contribution is 2.22. The monoisotopic (exact) mass is 323 g/mol. The second-order valence-corrected chi connectivity index (χ2v) is 5.96. The molecule has 2 aromatic rings. The summed E-state index contributed by atoms with van der Waals surface area (Å²) in [5.41, 5.74) is 1.68. The summed E-state index contributed by atoms with van der Waals surface area (Å²) in [6, 6.07) is 13.7. The van der Waals surface area contributed by atoms with E-state index in [1.54, 1.807) is 17.8 Å². The second-order valence-electron chi connectivity index (χ2n) is 4.45. The predicted octanol–water partition coefficient (Wildman–Crippen LogP) is 4.74. The van der Waals surface area contributed by atoms with Crippen LogP contribution in [0.1, 0.15) is 12.0 Å². The first kappa shape index (κ1) is 15.9. The molecule has 0 aromatic heterocycles. The Bertz CT molecular complexity index is 606. The minimum absolute atomic E-state index is 0.0149. The summed E-state index contributed by atoms with van der Waals surface area (Å²) in [6.45, 7) is 0. The lowest BCUT2D eigenvalue weighted by atomic mass is 10.2. The van der Waals surface area contributed by atoms with Crippen LogP contribution < -0.4 is 5.32 Å². The molecule has 0 saturated carbocycles. The second kappa shape index (κ2) is 8.05. The first-order valence-corrected chi connectivity index (χ1v) is 8.05. The van der Waals surface area contributed by atoms with E-state index in [0.29, 0.717) is 22.9 Å². The summed E-state index contributed by atoms with van der Waals surface area (Å²) < 4.78 is 12.9. The van der Waals surface area contributed by atoms with E-state index < -0.39 is 0 Å². The smallest absolute Gasteiger partial charge is 0.225 e. The van der Waals surface area contributed by atoms with Crippen molar-refractivity contribution >= 4 is 35.0 Å². The average molecular weight is 324 g/mol. The van der Waals surface area contributed by atoms with E-state index in [0.717, 1.165) is 11.3 Å². The van der Waals surface area contributed by atoms with E-state index in [1.165, 1.54) is 12.1 Å². The zero-order valence-electron chi connectivity index (χ0n) is 11.3. The fourth-order valence-corrected chi connectivity index (χ4v) is 2.99. The molecule has 5 heteroatoms. The van der Waals surface area contributed by atoms with Crippen LogP contribution in [0, 0.1) is 5.82 Å². The highest BCUT2D eigenvalue weighted by Gasteiger charge is 2.05. The average Bonchev–Trinajstić information content (AvgIpc) is 2.46. The molecule has 110 valence electrons. The summed E-state index contributed by atoms with van der Waals surface area (Å²) in [5.74, 6) is 0.999. The SMILES string of the molecule is O=C(CCSCc1ccc(F)cc1Cl)Nc1ccccc1. The Morgan fingerprint density at radius 1 is 1.19 bits per heavy atom. The zero-order valence-corrected chi connectivity index (χ0v) is 12.9. The van der Waals surface area contributed by atoms with Crippen LogP contribution in [0.25, 0.3) is 0 Å². The van der Waals surface area contributed by atoms with Gasteiger partial charge in [0.1, 0.15) is 5.82 Å². The minimum atomic E-state index is -0.337. The summed E-state index contributed by atoms with van der Waals surface area (Å²) in [7, 11) is 0. The number of anilines is 1. The van der Waals surface area contributed by atoms with Crippen LogP contribution in [0.4, 0.5) is 10.1 Å². The molecule has 2 aromatic carbocycles. The molecule has 2 rings (SSSR count). The zero-order chi connectivity index (χ0) is 15.1. The number of para-hydroxylation sites is 1. The number of hydrogen-bond donors (Lipinski definition) is 1. The minimum Gasteiger partial charge on any atom is -0.326 e. The van der Waals surface area contributed by atoms with Gasteiger partial charge in [-0.3, -0.25) is 4.79 Å². The van der Waals surface area contributed by atoms with Crippen molar-refractivity contribution in [1.82, 2.24) is 0 Å². The molecule has 0 atom stereocenters. The molecule has 0 fully saturated rings. The number of benzene rings is 2. The molecule has 2 nitrogen and oxygen atoms in total. The number of carbonyl (C=O) groups is 1. The van der Waals surface area contributed by atoms with Crippen LogP contribution in [-0.2, 0) is 10.5 Å². The number of amides is 1. The molecule has 1 amide bonds. The van der Waals surface area contributed by atoms with E-state index in [9.17, 15) is 9.18 Å². The van der Waals surface area contributed by atoms with Gasteiger partial charge in [-0.25, -0.2) is 4.39 Å². The Kier molecular flexibility index (Phi) is 6.08. The summed E-state index contributed by atoms with van der Waals surface area (Å²) >= 11 is 7.54. The Morgan fingerprint density at radius 3 is 2.67 bits per heavy atom. The summed E-state index contributed by atoms with van der Waals surface area (Å²) in [4.78, 5) is 11.7. The number of thioether (sulfide) groups is 1. The van der Waals surface area contributed by atoms with E-state index in [1.807, 2.05) is 30.3 Å². The van der Waals surface area contributed by atoms with Crippen molar-refractivity contribution < 1.29 is 9.18 Å². The van der Waals surface area contributed by atoms with Gasteiger partial charge < -0.3 is 5.32 Å². The molecule has 0 aliphatic heterocycles. The van der Waals surface area contributed by atoms with Crippen molar-refractivity contribution in [3.8, 4) is 0 Å². The third-order valence-electron chi connectivity index (χ3n) is 2.80. The van der Waals surface area contributed by atoms with Gasteiger partial charge in [-0.15, -0.1) is 0 Å². The highest BCUT2D eigenvalue weighted by molar-refractivity contribution is 7.98. The van der Waals surface area contributed by atoms with Crippen molar-refractivity contribution in [2.24, 2.45) is 0 Å². The fourth-order valence-electron chi connectivity index (χ4n) is 1.73. The Balaban J connectivity index is 1.71. The molecule has 0 radical (unpaired) electrons. The molecule has 0 spiro atoms. The largest absolute Gasteiger partial charge is 0.326 e. The van der Waals surface area contributed by atoms with Crippen LogP contribution >= 0.6 is 23.4 Å². The standard InChI is InChI=1S/C16H15ClFNOS/c17-15-10-13(18)7-6-12(15)11-21-9-8-16(20)19-14-4-2-1-3-5-14/h1-7,10H,8-9,11H2,(H,19,20). The van der Waals surface area contributed by atoms with Gasteiger partial charge in [0.25, 0.3) is 0 Å². The quantitative estimate of drug-likeness (QED) is 0.778. The van der Waals surface area contributed by atoms with Gasteiger partial charge in [-0.05, 0) is 29.8 Å². The summed E-state index contributed by atoms with van der Waals surface area (Å²) in [5, 5.41) is 3.26. The predicted molar refractivity (Wildman–Crippen MR) is 87.3 cm³/mol. The summed E-state index contributed by atoms with van der Waals surface area (Å²) in [6.07, 6.45) is 0.429. The fraction of sp³-hybridized carbons (Fsp3) is 0.188. The van der Waals surface area contributed by atoms with Gasteiger partial charge >= 0.3 is 0 Å². The van der Waals surface area contributed by atoms with Gasteiger partial charge in [0.05, 0.1) is 0 Å². The third-order valence-corrected chi connectivity index (χ3v) is 4.16. The normalized spacial score (nSPS) is 10.4. The van der Waals surface area contributed by atoms with Crippen LogP contribution in [0.5, 0.6) is 0 Å². The number of rotatable bonds is 6. The molecule has 0 aliphatic carbocycles. The van der Waals surface area contributed by atoms with E-state index >= 15 is 0 Å². The molecule has 0 aliphatic rings. The van der Waals surface area contributed by atoms with Gasteiger partial charge in [0.15, 0.2) is 0 Å². The molecule has 0 bridgehead atoms. The lowest BCUT2D eigenvalue weighted by Gasteiger charge is -2.06. The number of carbonyl (C=O) groups excluding carboxylic acids is 1. The molecule has 0 saturated heterocycles. The molecule has 1 N–H and O–H groups in total. The van der Waals surface area contributed by atoms with Gasteiger partial charge in [-0.2, -0.15) is 11.8 Å². The van der Waals surface area contributed by atoms with Gasteiger partial charge in [0.2, 0.25) is 5.91 Å². The van der Waals surface area contributed by atoms with Crippen molar-refractivity contribution in [1.29, 1.82) is 0 Å². The van der Waals surface area contributed by atoms with Crippen LogP contribution in [-0.4, -0.2) is 11.7 Å². The van der Waals surface area contributed by atoms with Crippen LogP contribution in [0.15, 0.2) is 48.5 Å². The van der Waals surface area contributed by atoms with Crippen molar-refractivity contribution in [3.63, 3.8) is 0 Å². The van der Waals surface area contributed by atoms with E-state index in [2.05, 4.69) is 5.32 Å². The molecule has 0 heterocycles. The van der Waals surface area contributed by atoms with E-state index in [-0.39, 0.29) is 11.7 Å². The Morgan fingerprint density at radius 2 is 1.95 bits per heavy atom.